The SMILES string of the molecule is Nc1ccc2c(c1)nc(C(F)(F)F)n2Cc1ccccn1. The first-order valence-corrected chi connectivity index (χ1v) is 6.18. The number of nitrogen functional groups attached to an aromatic ring is 1. The Hall–Kier alpha value is -2.57. The Labute approximate surface area is 118 Å². The van der Waals surface area contributed by atoms with E-state index in [0.717, 1.165) is 4.57 Å². The molecule has 108 valence electrons. The second-order valence-electron chi connectivity index (χ2n) is 4.59. The van der Waals surface area contributed by atoms with Gasteiger partial charge in [-0.1, -0.05) is 6.07 Å². The summed E-state index contributed by atoms with van der Waals surface area (Å²) in [5.74, 6) is -0.950. The normalized spacial score (nSPS) is 12.0. The number of halogens is 3. The third-order valence-electron chi connectivity index (χ3n) is 3.07. The van der Waals surface area contributed by atoms with Crippen molar-refractivity contribution in [1.29, 1.82) is 0 Å². The molecule has 0 spiro atoms. The van der Waals surface area contributed by atoms with Crippen LogP contribution in [-0.4, -0.2) is 14.5 Å². The van der Waals surface area contributed by atoms with Gasteiger partial charge in [0.1, 0.15) is 0 Å². The van der Waals surface area contributed by atoms with Crippen molar-refractivity contribution in [1.82, 2.24) is 14.5 Å². The number of imidazole rings is 1. The number of benzene rings is 1. The number of nitrogens with two attached hydrogens (primary N) is 1. The van der Waals surface area contributed by atoms with Crippen molar-refractivity contribution >= 4 is 16.7 Å². The fourth-order valence-corrected chi connectivity index (χ4v) is 2.18. The smallest absolute Gasteiger partial charge is 0.399 e. The summed E-state index contributed by atoms with van der Waals surface area (Å²) in [4.78, 5) is 7.73. The third kappa shape index (κ3) is 2.54. The van der Waals surface area contributed by atoms with Crippen LogP contribution in [0.4, 0.5) is 18.9 Å². The van der Waals surface area contributed by atoms with Gasteiger partial charge in [0.15, 0.2) is 0 Å². The van der Waals surface area contributed by atoms with Gasteiger partial charge in [-0.05, 0) is 30.3 Å². The minimum absolute atomic E-state index is 0.00387. The van der Waals surface area contributed by atoms with E-state index in [2.05, 4.69) is 9.97 Å². The zero-order valence-electron chi connectivity index (χ0n) is 10.8. The molecule has 0 atom stereocenters. The van der Waals surface area contributed by atoms with E-state index in [1.54, 1.807) is 30.5 Å². The van der Waals surface area contributed by atoms with E-state index >= 15 is 0 Å². The van der Waals surface area contributed by atoms with Crippen LogP contribution < -0.4 is 5.73 Å². The molecule has 0 amide bonds. The molecule has 4 nitrogen and oxygen atoms in total. The molecule has 1 aromatic carbocycles. The van der Waals surface area contributed by atoms with Gasteiger partial charge >= 0.3 is 6.18 Å². The highest BCUT2D eigenvalue weighted by atomic mass is 19.4. The maximum atomic E-state index is 13.2. The van der Waals surface area contributed by atoms with Gasteiger partial charge in [-0.15, -0.1) is 0 Å². The van der Waals surface area contributed by atoms with Crippen molar-refractivity contribution in [2.24, 2.45) is 0 Å². The van der Waals surface area contributed by atoms with Gasteiger partial charge in [0.2, 0.25) is 5.82 Å². The lowest BCUT2D eigenvalue weighted by Crippen LogP contribution is -2.16. The highest BCUT2D eigenvalue weighted by Gasteiger charge is 2.37. The lowest BCUT2D eigenvalue weighted by atomic mass is 10.2. The molecule has 2 aromatic heterocycles. The molecule has 21 heavy (non-hydrogen) atoms. The maximum Gasteiger partial charge on any atom is 0.449 e. The summed E-state index contributed by atoms with van der Waals surface area (Å²) in [6.07, 6.45) is -3.00. The lowest BCUT2D eigenvalue weighted by molar-refractivity contribution is -0.146. The van der Waals surface area contributed by atoms with Crippen molar-refractivity contribution in [3.8, 4) is 0 Å². The topological polar surface area (TPSA) is 56.7 Å². The number of fused-ring (bicyclic) bond motifs is 1. The average Bonchev–Trinajstić information content (AvgIpc) is 2.78. The monoisotopic (exact) mass is 292 g/mol. The fourth-order valence-electron chi connectivity index (χ4n) is 2.18. The van der Waals surface area contributed by atoms with E-state index in [1.807, 2.05) is 0 Å². The molecule has 2 N–H and O–H groups in total. The van der Waals surface area contributed by atoms with Gasteiger partial charge in [0, 0.05) is 11.9 Å². The van der Waals surface area contributed by atoms with E-state index in [0.29, 0.717) is 16.9 Å². The van der Waals surface area contributed by atoms with Crippen LogP contribution in [0, 0.1) is 0 Å². The second-order valence-corrected chi connectivity index (χ2v) is 4.59. The molecule has 0 unspecified atom stereocenters. The Balaban J connectivity index is 2.18. The van der Waals surface area contributed by atoms with Crippen molar-refractivity contribution in [3.05, 3.63) is 54.1 Å². The van der Waals surface area contributed by atoms with Crippen molar-refractivity contribution in [2.75, 3.05) is 5.73 Å². The van der Waals surface area contributed by atoms with Gasteiger partial charge < -0.3 is 10.3 Å². The predicted molar refractivity (Wildman–Crippen MR) is 72.5 cm³/mol. The van der Waals surface area contributed by atoms with Crippen molar-refractivity contribution in [3.63, 3.8) is 0 Å². The Morgan fingerprint density at radius 1 is 1.14 bits per heavy atom. The zero-order chi connectivity index (χ0) is 15.0. The molecular weight excluding hydrogens is 281 g/mol. The highest BCUT2D eigenvalue weighted by molar-refractivity contribution is 5.79. The molecular formula is C14H11F3N4. The van der Waals surface area contributed by atoms with E-state index < -0.39 is 12.0 Å². The summed E-state index contributed by atoms with van der Waals surface area (Å²) >= 11 is 0. The van der Waals surface area contributed by atoms with Gasteiger partial charge in [0.05, 0.1) is 23.3 Å². The number of alkyl halides is 3. The Morgan fingerprint density at radius 3 is 2.62 bits per heavy atom. The van der Waals surface area contributed by atoms with Crippen LogP contribution in [0.5, 0.6) is 0 Å². The molecule has 0 saturated carbocycles. The average molecular weight is 292 g/mol. The van der Waals surface area contributed by atoms with Gasteiger partial charge in [-0.25, -0.2) is 4.98 Å². The van der Waals surface area contributed by atoms with Gasteiger partial charge in [-0.2, -0.15) is 13.2 Å². The largest absolute Gasteiger partial charge is 0.449 e. The van der Waals surface area contributed by atoms with Gasteiger partial charge in [0.25, 0.3) is 0 Å². The predicted octanol–water partition coefficient (Wildman–Crippen LogP) is 3.08. The number of anilines is 1. The van der Waals surface area contributed by atoms with Crippen LogP contribution >= 0.6 is 0 Å². The molecule has 0 saturated heterocycles. The molecule has 2 heterocycles. The first-order valence-electron chi connectivity index (χ1n) is 6.18. The number of hydrogen-bond donors (Lipinski definition) is 1. The quantitative estimate of drug-likeness (QED) is 0.738. The van der Waals surface area contributed by atoms with E-state index in [-0.39, 0.29) is 12.1 Å². The summed E-state index contributed by atoms with van der Waals surface area (Å²) in [5.41, 5.74) is 7.10. The lowest BCUT2D eigenvalue weighted by Gasteiger charge is -2.10. The van der Waals surface area contributed by atoms with Crippen LogP contribution in [0.15, 0.2) is 42.6 Å². The fraction of sp³-hybridized carbons (Fsp3) is 0.143. The minimum Gasteiger partial charge on any atom is -0.399 e. The number of rotatable bonds is 2. The number of aromatic nitrogens is 3. The molecule has 0 aliphatic rings. The molecule has 0 aliphatic heterocycles. The first-order chi connectivity index (χ1) is 9.95. The third-order valence-corrected chi connectivity index (χ3v) is 3.07. The molecule has 0 bridgehead atoms. The number of pyridine rings is 1. The van der Waals surface area contributed by atoms with Crippen LogP contribution in [0.1, 0.15) is 11.5 Å². The Morgan fingerprint density at radius 2 is 1.95 bits per heavy atom. The Bertz CT molecular complexity index is 778. The van der Waals surface area contributed by atoms with Crippen LogP contribution in [-0.2, 0) is 12.7 Å². The minimum atomic E-state index is -4.54. The molecule has 3 rings (SSSR count). The Kier molecular flexibility index (Phi) is 3.04. The second kappa shape index (κ2) is 4.76. The van der Waals surface area contributed by atoms with Crippen LogP contribution in [0.3, 0.4) is 0 Å². The first kappa shape index (κ1) is 13.4. The van der Waals surface area contributed by atoms with E-state index in [1.165, 1.54) is 12.1 Å². The summed E-state index contributed by atoms with van der Waals surface area (Å²) in [7, 11) is 0. The molecule has 0 fully saturated rings. The summed E-state index contributed by atoms with van der Waals surface area (Å²) in [6, 6.07) is 9.63. The summed E-state index contributed by atoms with van der Waals surface area (Å²) in [6.45, 7) is -0.00387. The van der Waals surface area contributed by atoms with Gasteiger partial charge in [-0.3, -0.25) is 4.98 Å². The van der Waals surface area contributed by atoms with Crippen LogP contribution in [0.2, 0.25) is 0 Å². The zero-order valence-corrected chi connectivity index (χ0v) is 10.8. The summed E-state index contributed by atoms with van der Waals surface area (Å²) in [5, 5.41) is 0. The van der Waals surface area contributed by atoms with E-state index in [9.17, 15) is 13.2 Å². The van der Waals surface area contributed by atoms with Crippen molar-refractivity contribution < 1.29 is 13.2 Å². The van der Waals surface area contributed by atoms with Crippen LogP contribution in [0.25, 0.3) is 11.0 Å². The highest BCUT2D eigenvalue weighted by Crippen LogP contribution is 2.32. The molecule has 0 radical (unpaired) electrons. The molecule has 3 aromatic rings. The maximum absolute atomic E-state index is 13.2. The van der Waals surface area contributed by atoms with E-state index in [4.69, 9.17) is 5.73 Å². The standard InChI is InChI=1S/C14H11F3N4/c15-14(16,17)13-20-11-7-9(18)4-5-12(11)21(13)8-10-3-1-2-6-19-10/h1-7H,8,18H2. The summed E-state index contributed by atoms with van der Waals surface area (Å²) < 4.78 is 40.6. The number of nitrogens with zero attached hydrogens (tertiary/aromatic N) is 3. The van der Waals surface area contributed by atoms with Crippen molar-refractivity contribution in [2.45, 2.75) is 12.7 Å². The molecule has 0 aliphatic carbocycles. The number of hydrogen-bond acceptors (Lipinski definition) is 3. The molecule has 7 heteroatoms.